The van der Waals surface area contributed by atoms with E-state index >= 15 is 0 Å². The van der Waals surface area contributed by atoms with Crippen molar-refractivity contribution in [3.8, 4) is 11.3 Å². The van der Waals surface area contributed by atoms with Crippen molar-refractivity contribution in [2.24, 2.45) is 5.92 Å². The molecule has 2 aliphatic rings. The number of piperidine rings is 1. The SMILES string of the molecule is CC(n1cnc(-c2ccccc2)cc1=O)C1(O)CCN(C)CC1.O=CCCC1CCCCC1. The molecule has 0 bridgehead atoms. The summed E-state index contributed by atoms with van der Waals surface area (Å²) in [4.78, 5) is 29.2. The third kappa shape index (κ3) is 7.08. The highest BCUT2D eigenvalue weighted by atomic mass is 16.3. The van der Waals surface area contributed by atoms with Gasteiger partial charge in [-0.25, -0.2) is 4.98 Å². The summed E-state index contributed by atoms with van der Waals surface area (Å²) >= 11 is 0. The molecule has 6 heteroatoms. The fourth-order valence-corrected chi connectivity index (χ4v) is 4.93. The second-order valence-electron chi connectivity index (χ2n) is 9.72. The number of rotatable bonds is 6. The van der Waals surface area contributed by atoms with Crippen molar-refractivity contribution in [3.05, 3.63) is 53.1 Å². The molecule has 1 N–H and O–H groups in total. The van der Waals surface area contributed by atoms with Crippen molar-refractivity contribution in [1.29, 1.82) is 0 Å². The molecule has 2 heterocycles. The molecule has 1 saturated heterocycles. The monoisotopic (exact) mass is 453 g/mol. The number of aliphatic hydroxyl groups is 1. The molecule has 1 aromatic heterocycles. The van der Waals surface area contributed by atoms with Crippen molar-refractivity contribution < 1.29 is 9.90 Å². The molecule has 180 valence electrons. The molecule has 0 amide bonds. The zero-order valence-electron chi connectivity index (χ0n) is 20.2. The van der Waals surface area contributed by atoms with Gasteiger partial charge in [0.15, 0.2) is 0 Å². The fraction of sp³-hybridized carbons (Fsp3) is 0.593. The maximum atomic E-state index is 12.5. The van der Waals surface area contributed by atoms with Crippen molar-refractivity contribution in [3.63, 3.8) is 0 Å². The van der Waals surface area contributed by atoms with Gasteiger partial charge in [-0.05, 0) is 39.2 Å². The summed E-state index contributed by atoms with van der Waals surface area (Å²) in [6, 6.07) is 10.9. The maximum absolute atomic E-state index is 12.5. The zero-order chi connectivity index (χ0) is 23.7. The van der Waals surface area contributed by atoms with E-state index in [4.69, 9.17) is 0 Å². The molecule has 6 nitrogen and oxygen atoms in total. The van der Waals surface area contributed by atoms with Crippen LogP contribution in [0.5, 0.6) is 0 Å². The summed E-state index contributed by atoms with van der Waals surface area (Å²) in [5.74, 6) is 0.874. The van der Waals surface area contributed by atoms with E-state index in [2.05, 4.69) is 9.88 Å². The Bertz CT molecular complexity index is 914. The predicted molar refractivity (Wildman–Crippen MR) is 132 cm³/mol. The first-order valence-electron chi connectivity index (χ1n) is 12.4. The van der Waals surface area contributed by atoms with Gasteiger partial charge < -0.3 is 14.8 Å². The Morgan fingerprint density at radius 3 is 2.42 bits per heavy atom. The second kappa shape index (κ2) is 12.2. The van der Waals surface area contributed by atoms with Crippen molar-refractivity contribution in [1.82, 2.24) is 14.5 Å². The van der Waals surface area contributed by atoms with Crippen LogP contribution in [-0.2, 0) is 4.79 Å². The smallest absolute Gasteiger partial charge is 0.254 e. The number of benzene rings is 1. The van der Waals surface area contributed by atoms with Gasteiger partial charge in [0.2, 0.25) is 0 Å². The Labute approximate surface area is 197 Å². The van der Waals surface area contributed by atoms with Crippen molar-refractivity contribution in [2.45, 2.75) is 76.4 Å². The highest BCUT2D eigenvalue weighted by Gasteiger charge is 2.38. The molecular weight excluding hydrogens is 414 g/mol. The fourth-order valence-electron chi connectivity index (χ4n) is 4.93. The number of carbonyl (C=O) groups is 1. The van der Waals surface area contributed by atoms with Gasteiger partial charge >= 0.3 is 0 Å². The molecule has 1 aliphatic carbocycles. The average molecular weight is 454 g/mol. The Morgan fingerprint density at radius 1 is 1.15 bits per heavy atom. The molecule has 1 aliphatic heterocycles. The number of hydrogen-bond acceptors (Lipinski definition) is 5. The highest BCUT2D eigenvalue weighted by molar-refractivity contribution is 5.57. The van der Waals surface area contributed by atoms with E-state index in [1.807, 2.05) is 44.3 Å². The lowest BCUT2D eigenvalue weighted by Crippen LogP contribution is -2.49. The zero-order valence-corrected chi connectivity index (χ0v) is 20.2. The van der Waals surface area contributed by atoms with E-state index < -0.39 is 5.60 Å². The summed E-state index contributed by atoms with van der Waals surface area (Å²) in [5.41, 5.74) is 0.599. The van der Waals surface area contributed by atoms with Crippen LogP contribution in [0.1, 0.15) is 70.8 Å². The van der Waals surface area contributed by atoms with Crippen LogP contribution in [0, 0.1) is 5.92 Å². The summed E-state index contributed by atoms with van der Waals surface area (Å²) in [5, 5.41) is 10.9. The van der Waals surface area contributed by atoms with E-state index in [-0.39, 0.29) is 11.6 Å². The molecular formula is C27H39N3O3. The van der Waals surface area contributed by atoms with Gasteiger partial charge in [-0.2, -0.15) is 0 Å². The van der Waals surface area contributed by atoms with Crippen LogP contribution >= 0.6 is 0 Å². The first kappa shape index (κ1) is 25.3. The van der Waals surface area contributed by atoms with Gasteiger partial charge in [0.05, 0.1) is 23.7 Å². The number of aldehydes is 1. The van der Waals surface area contributed by atoms with Gasteiger partial charge in [-0.3, -0.25) is 9.36 Å². The van der Waals surface area contributed by atoms with Gasteiger partial charge in [0, 0.05) is 31.1 Å². The largest absolute Gasteiger partial charge is 0.388 e. The van der Waals surface area contributed by atoms with Crippen molar-refractivity contribution >= 4 is 6.29 Å². The van der Waals surface area contributed by atoms with Crippen molar-refractivity contribution in [2.75, 3.05) is 20.1 Å². The molecule has 0 radical (unpaired) electrons. The third-order valence-corrected chi connectivity index (χ3v) is 7.37. The molecule has 1 atom stereocenters. The topological polar surface area (TPSA) is 75.4 Å². The van der Waals surface area contributed by atoms with E-state index in [9.17, 15) is 14.7 Å². The first-order valence-corrected chi connectivity index (χ1v) is 12.4. The molecule has 1 unspecified atom stereocenters. The summed E-state index contributed by atoms with van der Waals surface area (Å²) < 4.78 is 1.55. The Balaban J connectivity index is 0.000000257. The molecule has 33 heavy (non-hydrogen) atoms. The molecule has 2 fully saturated rings. The lowest BCUT2D eigenvalue weighted by molar-refractivity contribution is -0.108. The second-order valence-corrected chi connectivity index (χ2v) is 9.72. The maximum Gasteiger partial charge on any atom is 0.254 e. The number of likely N-dealkylation sites (tertiary alicyclic amines) is 1. The van der Waals surface area contributed by atoms with Gasteiger partial charge in [0.1, 0.15) is 6.29 Å². The molecule has 4 rings (SSSR count). The number of nitrogens with zero attached hydrogens (tertiary/aromatic N) is 3. The number of aromatic nitrogens is 2. The van der Waals surface area contributed by atoms with Gasteiger partial charge in [0.25, 0.3) is 5.56 Å². The van der Waals surface area contributed by atoms with Crippen LogP contribution in [0.2, 0.25) is 0 Å². The quantitative estimate of drug-likeness (QED) is 0.653. The lowest BCUT2D eigenvalue weighted by Gasteiger charge is -2.41. The number of hydrogen-bond donors (Lipinski definition) is 1. The van der Waals surface area contributed by atoms with Gasteiger partial charge in [-0.15, -0.1) is 0 Å². The minimum Gasteiger partial charge on any atom is -0.388 e. The van der Waals surface area contributed by atoms with Crippen LogP contribution in [-0.4, -0.2) is 51.6 Å². The molecule has 1 aromatic carbocycles. The predicted octanol–water partition coefficient (Wildman–Crippen LogP) is 4.47. The van der Waals surface area contributed by atoms with E-state index in [0.717, 1.165) is 43.7 Å². The van der Waals surface area contributed by atoms with Crippen LogP contribution in [0.4, 0.5) is 0 Å². The van der Waals surface area contributed by atoms with Crippen LogP contribution in [0.3, 0.4) is 0 Å². The molecule has 2 aromatic rings. The molecule has 1 saturated carbocycles. The average Bonchev–Trinajstić information content (AvgIpc) is 2.86. The minimum absolute atomic E-state index is 0.126. The van der Waals surface area contributed by atoms with Crippen LogP contribution < -0.4 is 5.56 Å². The normalized spacial score (nSPS) is 19.8. The Hall–Kier alpha value is -2.31. The Kier molecular flexibility index (Phi) is 9.39. The summed E-state index contributed by atoms with van der Waals surface area (Å²) in [7, 11) is 2.05. The van der Waals surface area contributed by atoms with Crippen LogP contribution in [0.25, 0.3) is 11.3 Å². The molecule has 0 spiro atoms. The van der Waals surface area contributed by atoms with E-state index in [0.29, 0.717) is 18.5 Å². The third-order valence-electron chi connectivity index (χ3n) is 7.37. The number of carbonyl (C=O) groups excluding carboxylic acids is 1. The highest BCUT2D eigenvalue weighted by Crippen LogP contribution is 2.32. The van der Waals surface area contributed by atoms with E-state index in [1.54, 1.807) is 17.0 Å². The van der Waals surface area contributed by atoms with Gasteiger partial charge in [-0.1, -0.05) is 62.4 Å². The standard InChI is InChI=1S/C18H23N3O2.C9H16O/c1-14(18(23)8-10-20(2)11-9-18)21-13-19-16(12-17(21)22)15-6-4-3-5-7-15;10-8-4-7-9-5-2-1-3-6-9/h3-7,12-14,23H,8-11H2,1-2H3;8-9H,1-7H2. The first-order chi connectivity index (χ1) is 15.9. The minimum atomic E-state index is -0.855. The van der Waals surface area contributed by atoms with Crippen LogP contribution in [0.15, 0.2) is 47.5 Å². The Morgan fingerprint density at radius 2 is 1.82 bits per heavy atom. The van der Waals surface area contributed by atoms with E-state index in [1.165, 1.54) is 32.1 Å². The lowest BCUT2D eigenvalue weighted by atomic mass is 9.85. The summed E-state index contributed by atoms with van der Waals surface area (Å²) in [6.45, 7) is 3.58. The summed E-state index contributed by atoms with van der Waals surface area (Å²) in [6.07, 6.45) is 12.8.